The van der Waals surface area contributed by atoms with Crippen LogP contribution in [0.4, 0.5) is 5.69 Å². The van der Waals surface area contributed by atoms with Crippen molar-refractivity contribution < 1.29 is 9.90 Å². The zero-order chi connectivity index (χ0) is 22.9. The van der Waals surface area contributed by atoms with Gasteiger partial charge in [-0.25, -0.2) is 9.78 Å². The monoisotopic (exact) mass is 474 g/mol. The van der Waals surface area contributed by atoms with Crippen LogP contribution in [0.15, 0.2) is 48.5 Å². The summed E-state index contributed by atoms with van der Waals surface area (Å²) in [6.45, 7) is 3.04. The van der Waals surface area contributed by atoms with Crippen LogP contribution in [0.5, 0.6) is 0 Å². The van der Waals surface area contributed by atoms with Gasteiger partial charge in [-0.2, -0.15) is 0 Å². The Labute approximate surface area is 198 Å². The van der Waals surface area contributed by atoms with Crippen molar-refractivity contribution in [3.8, 4) is 0 Å². The van der Waals surface area contributed by atoms with Crippen LogP contribution >= 0.6 is 23.2 Å². The van der Waals surface area contributed by atoms with E-state index in [-0.39, 0.29) is 0 Å². The molecule has 8 heteroatoms. The summed E-state index contributed by atoms with van der Waals surface area (Å²) < 4.78 is 2.14. The van der Waals surface area contributed by atoms with Gasteiger partial charge in [0.05, 0.1) is 11.0 Å². The van der Waals surface area contributed by atoms with E-state index in [2.05, 4.69) is 33.0 Å². The third kappa shape index (κ3) is 6.48. The van der Waals surface area contributed by atoms with Crippen LogP contribution in [-0.2, 0) is 24.8 Å². The number of rotatable bonds is 12. The van der Waals surface area contributed by atoms with Crippen LogP contribution < -0.4 is 10.2 Å². The van der Waals surface area contributed by atoms with E-state index >= 15 is 0 Å². The molecule has 0 saturated carbocycles. The van der Waals surface area contributed by atoms with Gasteiger partial charge < -0.3 is 19.9 Å². The van der Waals surface area contributed by atoms with Crippen LogP contribution in [0.2, 0.25) is 0 Å². The minimum Gasteiger partial charge on any atom is -0.478 e. The second kappa shape index (κ2) is 11.9. The van der Waals surface area contributed by atoms with Crippen molar-refractivity contribution in [1.29, 1.82) is 0 Å². The first-order chi connectivity index (χ1) is 15.5. The molecule has 6 nitrogen and oxygen atoms in total. The summed E-state index contributed by atoms with van der Waals surface area (Å²) in [5, 5.41) is 12.1. The number of hydrogen-bond acceptors (Lipinski definition) is 4. The molecule has 0 spiro atoms. The van der Waals surface area contributed by atoms with Gasteiger partial charge in [-0.3, -0.25) is 0 Å². The Morgan fingerprint density at radius 2 is 1.88 bits per heavy atom. The molecule has 3 aromatic rings. The van der Waals surface area contributed by atoms with Crippen LogP contribution in [0, 0.1) is 0 Å². The van der Waals surface area contributed by atoms with Gasteiger partial charge >= 0.3 is 5.97 Å². The fourth-order valence-electron chi connectivity index (χ4n) is 3.58. The molecule has 2 aromatic carbocycles. The van der Waals surface area contributed by atoms with Gasteiger partial charge in [-0.05, 0) is 35.4 Å². The number of alkyl halides is 2. The minimum absolute atomic E-state index is 0.551. The van der Waals surface area contributed by atoms with Gasteiger partial charge in [0, 0.05) is 63.2 Å². The zero-order valence-corrected chi connectivity index (χ0v) is 19.6. The third-order valence-corrected chi connectivity index (χ3v) is 5.62. The third-order valence-electron chi connectivity index (χ3n) is 5.28. The number of aromatic nitrogens is 2. The molecule has 0 fully saturated rings. The second-order valence-corrected chi connectivity index (χ2v) is 8.22. The molecule has 0 atom stereocenters. The Balaban J connectivity index is 1.58. The van der Waals surface area contributed by atoms with Gasteiger partial charge in [0.25, 0.3) is 0 Å². The molecule has 0 radical (unpaired) electrons. The number of nitrogens with zero attached hydrogens (tertiary/aromatic N) is 3. The predicted molar refractivity (Wildman–Crippen MR) is 133 cm³/mol. The lowest BCUT2D eigenvalue weighted by molar-refractivity contribution is -0.131. The average molecular weight is 475 g/mol. The Hall–Kier alpha value is -2.54. The lowest BCUT2D eigenvalue weighted by Gasteiger charge is -2.22. The van der Waals surface area contributed by atoms with Gasteiger partial charge in [0.2, 0.25) is 0 Å². The van der Waals surface area contributed by atoms with E-state index in [1.54, 1.807) is 6.08 Å². The van der Waals surface area contributed by atoms with E-state index < -0.39 is 5.97 Å². The first-order valence-corrected chi connectivity index (χ1v) is 11.6. The van der Waals surface area contributed by atoms with E-state index in [1.165, 1.54) is 0 Å². The highest BCUT2D eigenvalue weighted by Crippen LogP contribution is 2.23. The lowest BCUT2D eigenvalue weighted by atomic mass is 10.1. The minimum atomic E-state index is -0.947. The van der Waals surface area contributed by atoms with Crippen LogP contribution in [0.25, 0.3) is 17.1 Å². The highest BCUT2D eigenvalue weighted by Gasteiger charge is 2.11. The SMILES string of the molecule is Cn1c(CCNCc2ccc(/C=C/C(=O)O)cc2)nc2cc(N(CCCl)CCCl)ccc21. The number of fused-ring (bicyclic) bond motifs is 1. The molecule has 32 heavy (non-hydrogen) atoms. The molecule has 0 aliphatic rings. The van der Waals surface area contributed by atoms with Crippen LogP contribution in [0.1, 0.15) is 17.0 Å². The van der Waals surface area contributed by atoms with E-state index in [4.69, 9.17) is 33.3 Å². The summed E-state index contributed by atoms with van der Waals surface area (Å²) in [5.41, 5.74) is 5.17. The van der Waals surface area contributed by atoms with Gasteiger partial charge in [-0.15, -0.1) is 23.2 Å². The Kier molecular flexibility index (Phi) is 8.97. The number of halogens is 2. The maximum atomic E-state index is 10.6. The topological polar surface area (TPSA) is 70.4 Å². The molecule has 0 saturated heterocycles. The van der Waals surface area contributed by atoms with Crippen molar-refractivity contribution in [2.24, 2.45) is 7.05 Å². The quantitative estimate of drug-likeness (QED) is 0.232. The summed E-state index contributed by atoms with van der Waals surface area (Å²) in [4.78, 5) is 17.6. The number of aryl methyl sites for hydroxylation is 1. The summed E-state index contributed by atoms with van der Waals surface area (Å²) in [7, 11) is 2.04. The fourth-order valence-corrected chi connectivity index (χ4v) is 3.99. The molecular formula is C24H28Cl2N4O2. The standard InChI is InChI=1S/C24H28Cl2N4O2/c1-29-22-8-7-20(30(14-11-25)15-12-26)16-21(22)28-23(29)10-13-27-17-19-4-2-18(3-5-19)6-9-24(31)32/h2-9,16,27H,10-15,17H2,1H3,(H,31,32)/b9-6+. The van der Waals surface area contributed by atoms with Crippen LogP contribution in [0.3, 0.4) is 0 Å². The summed E-state index contributed by atoms with van der Waals surface area (Å²) in [6, 6.07) is 14.1. The van der Waals surface area contributed by atoms with Crippen LogP contribution in [-0.4, -0.2) is 52.0 Å². The maximum Gasteiger partial charge on any atom is 0.328 e. The van der Waals surface area contributed by atoms with Crippen molar-refractivity contribution >= 4 is 52.0 Å². The number of aliphatic carboxylic acids is 1. The number of carboxylic acids is 1. The normalized spacial score (nSPS) is 11.5. The maximum absolute atomic E-state index is 10.6. The zero-order valence-electron chi connectivity index (χ0n) is 18.1. The molecule has 0 unspecified atom stereocenters. The Morgan fingerprint density at radius 3 is 2.53 bits per heavy atom. The fraction of sp³-hybridized carbons (Fsp3) is 0.333. The molecule has 1 heterocycles. The van der Waals surface area contributed by atoms with Crippen molar-refractivity contribution in [2.75, 3.05) is 36.3 Å². The number of nitrogens with one attached hydrogen (secondary N) is 1. The van der Waals surface area contributed by atoms with E-state index in [9.17, 15) is 4.79 Å². The molecule has 0 aliphatic carbocycles. The van der Waals surface area contributed by atoms with Crippen molar-refractivity contribution in [3.63, 3.8) is 0 Å². The highest BCUT2D eigenvalue weighted by atomic mass is 35.5. The lowest BCUT2D eigenvalue weighted by Crippen LogP contribution is -2.27. The van der Waals surface area contributed by atoms with Gasteiger partial charge in [-0.1, -0.05) is 24.3 Å². The van der Waals surface area contributed by atoms with Gasteiger partial charge in [0.15, 0.2) is 0 Å². The molecule has 3 rings (SSSR count). The highest BCUT2D eigenvalue weighted by molar-refractivity contribution is 6.18. The number of carboxylic acid groups (broad SMARTS) is 1. The van der Waals surface area contributed by atoms with Crippen molar-refractivity contribution in [1.82, 2.24) is 14.9 Å². The smallest absolute Gasteiger partial charge is 0.328 e. The summed E-state index contributed by atoms with van der Waals surface area (Å²) >= 11 is 11.9. The van der Waals surface area contributed by atoms with Crippen molar-refractivity contribution in [3.05, 3.63) is 65.5 Å². The second-order valence-electron chi connectivity index (χ2n) is 7.47. The first kappa shape index (κ1) is 24.1. The number of carbonyl (C=O) groups is 1. The molecule has 0 amide bonds. The largest absolute Gasteiger partial charge is 0.478 e. The summed E-state index contributed by atoms with van der Waals surface area (Å²) in [5.74, 6) is 1.18. The predicted octanol–water partition coefficient (Wildman–Crippen LogP) is 4.29. The molecule has 1 aromatic heterocycles. The van der Waals surface area contributed by atoms with Crippen molar-refractivity contribution in [2.45, 2.75) is 13.0 Å². The number of imidazole rings is 1. The molecule has 0 bridgehead atoms. The van der Waals surface area contributed by atoms with E-state index in [0.29, 0.717) is 11.8 Å². The van der Waals surface area contributed by atoms with Gasteiger partial charge in [0.1, 0.15) is 5.82 Å². The Bertz CT molecular complexity index is 1060. The number of anilines is 1. The number of benzene rings is 2. The Morgan fingerprint density at radius 1 is 1.16 bits per heavy atom. The summed E-state index contributed by atoms with van der Waals surface area (Å²) in [6.07, 6.45) is 3.54. The van der Waals surface area contributed by atoms with E-state index in [0.717, 1.165) is 72.3 Å². The molecule has 170 valence electrons. The van der Waals surface area contributed by atoms with E-state index in [1.807, 2.05) is 31.3 Å². The molecule has 0 aliphatic heterocycles. The molecular weight excluding hydrogens is 447 g/mol. The number of hydrogen-bond donors (Lipinski definition) is 2. The first-order valence-electron chi connectivity index (χ1n) is 10.5. The molecule has 2 N–H and O–H groups in total. The average Bonchev–Trinajstić information content (AvgIpc) is 3.10.